The van der Waals surface area contributed by atoms with Gasteiger partial charge in [-0.1, -0.05) is 18.2 Å². The van der Waals surface area contributed by atoms with Gasteiger partial charge in [0.2, 0.25) is 0 Å². The molecule has 2 rings (SSSR count). The van der Waals surface area contributed by atoms with Crippen LogP contribution in [0.1, 0.15) is 18.4 Å². The maximum absolute atomic E-state index is 12.0. The topological polar surface area (TPSA) is 93.9 Å². The SMILES string of the molecule is COc1ccccc1CN1CCCC1C(=O)N=C(N)N. The van der Waals surface area contributed by atoms with Crippen LogP contribution in [0, 0.1) is 0 Å². The van der Waals surface area contributed by atoms with E-state index in [1.807, 2.05) is 24.3 Å². The van der Waals surface area contributed by atoms with Crippen molar-refractivity contribution in [3.05, 3.63) is 29.8 Å². The molecule has 1 fully saturated rings. The van der Waals surface area contributed by atoms with E-state index < -0.39 is 0 Å². The van der Waals surface area contributed by atoms with Gasteiger partial charge in [0.05, 0.1) is 13.2 Å². The third kappa shape index (κ3) is 3.27. The van der Waals surface area contributed by atoms with Crippen molar-refractivity contribution in [3.8, 4) is 5.75 Å². The lowest BCUT2D eigenvalue weighted by Gasteiger charge is -2.22. The summed E-state index contributed by atoms with van der Waals surface area (Å²) in [6.45, 7) is 1.51. The first-order valence-electron chi connectivity index (χ1n) is 6.61. The molecular weight excluding hydrogens is 256 g/mol. The van der Waals surface area contributed by atoms with Gasteiger partial charge in [-0.25, -0.2) is 0 Å². The van der Waals surface area contributed by atoms with Crippen molar-refractivity contribution in [1.82, 2.24) is 4.90 Å². The lowest BCUT2D eigenvalue weighted by Crippen LogP contribution is -2.36. The highest BCUT2D eigenvalue weighted by molar-refractivity contribution is 5.94. The quantitative estimate of drug-likeness (QED) is 0.615. The highest BCUT2D eigenvalue weighted by Crippen LogP contribution is 2.25. The van der Waals surface area contributed by atoms with E-state index in [4.69, 9.17) is 16.2 Å². The number of hydrogen-bond donors (Lipinski definition) is 2. The Morgan fingerprint density at radius 1 is 1.45 bits per heavy atom. The van der Waals surface area contributed by atoms with Gasteiger partial charge >= 0.3 is 0 Å². The van der Waals surface area contributed by atoms with Crippen molar-refractivity contribution in [2.45, 2.75) is 25.4 Å². The van der Waals surface area contributed by atoms with E-state index in [1.165, 1.54) is 0 Å². The third-order valence-electron chi connectivity index (χ3n) is 3.45. The van der Waals surface area contributed by atoms with Crippen molar-refractivity contribution >= 4 is 11.9 Å². The number of hydrogen-bond acceptors (Lipinski definition) is 3. The molecule has 0 saturated carbocycles. The van der Waals surface area contributed by atoms with E-state index in [-0.39, 0.29) is 17.9 Å². The number of nitrogens with two attached hydrogens (primary N) is 2. The number of amides is 1. The minimum absolute atomic E-state index is 0.181. The van der Waals surface area contributed by atoms with E-state index in [2.05, 4.69) is 9.89 Å². The second-order valence-corrected chi connectivity index (χ2v) is 4.82. The number of methoxy groups -OCH3 is 1. The van der Waals surface area contributed by atoms with Crippen LogP contribution in [0.3, 0.4) is 0 Å². The molecule has 0 spiro atoms. The lowest BCUT2D eigenvalue weighted by atomic mass is 10.1. The van der Waals surface area contributed by atoms with Gasteiger partial charge in [0, 0.05) is 12.1 Å². The number of guanidine groups is 1. The largest absolute Gasteiger partial charge is 0.496 e. The number of rotatable bonds is 4. The van der Waals surface area contributed by atoms with Gasteiger partial charge in [-0.3, -0.25) is 9.69 Å². The molecule has 1 aromatic rings. The number of benzene rings is 1. The van der Waals surface area contributed by atoms with E-state index in [9.17, 15) is 4.79 Å². The summed E-state index contributed by atoms with van der Waals surface area (Å²) in [7, 11) is 1.64. The summed E-state index contributed by atoms with van der Waals surface area (Å²) < 4.78 is 5.34. The number of para-hydroxylation sites is 1. The Labute approximate surface area is 118 Å². The first kappa shape index (κ1) is 14.3. The van der Waals surface area contributed by atoms with Crippen LogP contribution in [-0.4, -0.2) is 36.5 Å². The van der Waals surface area contributed by atoms with Crippen LogP contribution in [0.25, 0.3) is 0 Å². The van der Waals surface area contributed by atoms with Gasteiger partial charge in [0.25, 0.3) is 5.91 Å². The standard InChI is InChI=1S/C14H20N4O2/c1-20-12-7-3-2-5-10(12)9-18-8-4-6-11(18)13(19)17-14(15)16/h2-3,5,7,11H,4,6,8-9H2,1H3,(H4,15,16,17,19). The smallest absolute Gasteiger partial charge is 0.266 e. The number of carbonyl (C=O) groups excluding carboxylic acids is 1. The van der Waals surface area contributed by atoms with Crippen LogP contribution in [0.2, 0.25) is 0 Å². The average molecular weight is 276 g/mol. The predicted molar refractivity (Wildman–Crippen MR) is 77.2 cm³/mol. The maximum Gasteiger partial charge on any atom is 0.266 e. The zero-order valence-corrected chi connectivity index (χ0v) is 11.6. The molecule has 0 bridgehead atoms. The molecular formula is C14H20N4O2. The highest BCUT2D eigenvalue weighted by Gasteiger charge is 2.31. The molecule has 1 atom stereocenters. The summed E-state index contributed by atoms with van der Waals surface area (Å²) in [6.07, 6.45) is 1.75. The average Bonchev–Trinajstić information content (AvgIpc) is 2.87. The number of carbonyl (C=O) groups is 1. The first-order chi connectivity index (χ1) is 9.61. The fourth-order valence-corrected chi connectivity index (χ4v) is 2.55. The van der Waals surface area contributed by atoms with Gasteiger partial charge in [0.1, 0.15) is 5.75 Å². The third-order valence-corrected chi connectivity index (χ3v) is 3.45. The second-order valence-electron chi connectivity index (χ2n) is 4.82. The minimum Gasteiger partial charge on any atom is -0.496 e. The molecule has 1 aliphatic rings. The molecule has 6 nitrogen and oxygen atoms in total. The number of ether oxygens (including phenoxy) is 1. The highest BCUT2D eigenvalue weighted by atomic mass is 16.5. The van der Waals surface area contributed by atoms with Gasteiger partial charge < -0.3 is 16.2 Å². The normalized spacial score (nSPS) is 18.8. The fraction of sp³-hybridized carbons (Fsp3) is 0.429. The second kappa shape index (κ2) is 6.38. The summed E-state index contributed by atoms with van der Waals surface area (Å²) in [5, 5.41) is 0. The van der Waals surface area contributed by atoms with E-state index in [1.54, 1.807) is 7.11 Å². The van der Waals surface area contributed by atoms with E-state index >= 15 is 0 Å². The predicted octanol–water partition coefficient (Wildman–Crippen LogP) is 0.460. The zero-order valence-electron chi connectivity index (χ0n) is 11.6. The van der Waals surface area contributed by atoms with Crippen LogP contribution < -0.4 is 16.2 Å². The van der Waals surface area contributed by atoms with Crippen LogP contribution in [-0.2, 0) is 11.3 Å². The maximum atomic E-state index is 12.0. The molecule has 6 heteroatoms. The fourth-order valence-electron chi connectivity index (χ4n) is 2.55. The van der Waals surface area contributed by atoms with Crippen molar-refractivity contribution in [3.63, 3.8) is 0 Å². The Kier molecular flexibility index (Phi) is 4.57. The van der Waals surface area contributed by atoms with Crippen molar-refractivity contribution in [2.24, 2.45) is 16.5 Å². The molecule has 0 radical (unpaired) electrons. The Bertz CT molecular complexity index is 512. The number of nitrogens with zero attached hydrogens (tertiary/aromatic N) is 2. The number of aliphatic imine (C=N–C) groups is 1. The lowest BCUT2D eigenvalue weighted by molar-refractivity contribution is -0.122. The monoisotopic (exact) mass is 276 g/mol. The van der Waals surface area contributed by atoms with Gasteiger partial charge in [-0.15, -0.1) is 0 Å². The summed E-state index contributed by atoms with van der Waals surface area (Å²) >= 11 is 0. The molecule has 0 aliphatic carbocycles. The molecule has 1 unspecified atom stereocenters. The Morgan fingerprint density at radius 3 is 2.90 bits per heavy atom. The molecule has 20 heavy (non-hydrogen) atoms. The van der Waals surface area contributed by atoms with Crippen molar-refractivity contribution in [2.75, 3.05) is 13.7 Å². The van der Waals surface area contributed by atoms with Crippen LogP contribution in [0.5, 0.6) is 5.75 Å². The molecule has 1 saturated heterocycles. The Morgan fingerprint density at radius 2 is 2.20 bits per heavy atom. The number of likely N-dealkylation sites (tertiary alicyclic amines) is 1. The van der Waals surface area contributed by atoms with Crippen molar-refractivity contribution in [1.29, 1.82) is 0 Å². The summed E-state index contributed by atoms with van der Waals surface area (Å²) in [5.74, 6) is 0.379. The van der Waals surface area contributed by atoms with Crippen molar-refractivity contribution < 1.29 is 9.53 Å². The van der Waals surface area contributed by atoms with Crippen LogP contribution in [0.4, 0.5) is 0 Å². The summed E-state index contributed by atoms with van der Waals surface area (Å²) in [4.78, 5) is 17.7. The zero-order chi connectivity index (χ0) is 14.5. The molecule has 1 amide bonds. The molecule has 0 aromatic heterocycles. The van der Waals surface area contributed by atoms with Gasteiger partial charge in [-0.2, -0.15) is 4.99 Å². The minimum atomic E-state index is -0.266. The van der Waals surface area contributed by atoms with E-state index in [0.29, 0.717) is 6.54 Å². The van der Waals surface area contributed by atoms with E-state index in [0.717, 1.165) is 30.7 Å². The first-order valence-corrected chi connectivity index (χ1v) is 6.61. The summed E-state index contributed by atoms with van der Waals surface area (Å²) in [6, 6.07) is 7.55. The molecule has 1 heterocycles. The van der Waals surface area contributed by atoms with Gasteiger partial charge in [0.15, 0.2) is 5.96 Å². The van der Waals surface area contributed by atoms with Crippen LogP contribution >= 0.6 is 0 Å². The molecule has 4 N–H and O–H groups in total. The Hall–Kier alpha value is -2.08. The Balaban J connectivity index is 2.12. The summed E-state index contributed by atoms with van der Waals surface area (Å²) in [5.41, 5.74) is 11.6. The van der Waals surface area contributed by atoms with Gasteiger partial charge in [-0.05, 0) is 25.5 Å². The molecule has 1 aromatic carbocycles. The van der Waals surface area contributed by atoms with Crippen LogP contribution in [0.15, 0.2) is 29.3 Å². The molecule has 1 aliphatic heterocycles. The molecule has 108 valence electrons.